The molecular weight excluding hydrogens is 342 g/mol. The summed E-state index contributed by atoms with van der Waals surface area (Å²) in [6.07, 6.45) is 4.91. The zero-order valence-electron chi connectivity index (χ0n) is 14.7. The van der Waals surface area contributed by atoms with Gasteiger partial charge >= 0.3 is 0 Å². The van der Waals surface area contributed by atoms with Crippen LogP contribution in [0.3, 0.4) is 0 Å². The molecule has 0 aliphatic carbocycles. The number of benzene rings is 2. The van der Waals surface area contributed by atoms with Crippen LogP contribution in [-0.4, -0.2) is 52.3 Å². The number of carbonyl (C=O) groups excluding carboxylic acids is 1. The number of aromatic nitrogens is 4. The molecule has 7 nitrogen and oxygen atoms in total. The normalized spacial score (nSPS) is 14.6. The number of ketones is 1. The molecule has 2 heterocycles. The van der Waals surface area contributed by atoms with Crippen LogP contribution >= 0.6 is 0 Å². The maximum Gasteiger partial charge on any atom is 0.185 e. The molecular formula is C20H19N5O2. The lowest BCUT2D eigenvalue weighted by atomic mass is 10.1. The lowest BCUT2D eigenvalue weighted by Crippen LogP contribution is -2.36. The van der Waals surface area contributed by atoms with Crippen LogP contribution in [0, 0.1) is 0 Å². The van der Waals surface area contributed by atoms with Crippen LogP contribution in [-0.2, 0) is 4.74 Å². The Kier molecular flexibility index (Phi) is 5.02. The number of anilines is 1. The molecule has 0 N–H and O–H groups in total. The van der Waals surface area contributed by atoms with E-state index >= 15 is 0 Å². The van der Waals surface area contributed by atoms with E-state index in [9.17, 15) is 4.79 Å². The number of hydrogen-bond donors (Lipinski definition) is 0. The summed E-state index contributed by atoms with van der Waals surface area (Å²) < 4.78 is 6.90. The second-order valence-electron chi connectivity index (χ2n) is 6.19. The average molecular weight is 361 g/mol. The van der Waals surface area contributed by atoms with Crippen molar-refractivity contribution in [3.05, 3.63) is 72.1 Å². The van der Waals surface area contributed by atoms with E-state index in [-0.39, 0.29) is 5.78 Å². The molecule has 1 aliphatic heterocycles. The molecule has 0 atom stereocenters. The van der Waals surface area contributed by atoms with Crippen LogP contribution in [0.4, 0.5) is 5.69 Å². The van der Waals surface area contributed by atoms with E-state index in [0.29, 0.717) is 5.56 Å². The second kappa shape index (κ2) is 7.92. The van der Waals surface area contributed by atoms with E-state index in [1.165, 1.54) is 16.7 Å². The Bertz CT molecular complexity index is 929. The fraction of sp³-hybridized carbons (Fsp3) is 0.200. The van der Waals surface area contributed by atoms with Crippen LogP contribution in [0.25, 0.3) is 11.8 Å². The van der Waals surface area contributed by atoms with Gasteiger partial charge in [0.05, 0.1) is 18.9 Å². The first-order valence-corrected chi connectivity index (χ1v) is 8.78. The van der Waals surface area contributed by atoms with Gasteiger partial charge in [-0.3, -0.25) is 4.79 Å². The van der Waals surface area contributed by atoms with Crippen LogP contribution in [0.5, 0.6) is 0 Å². The fourth-order valence-electron chi connectivity index (χ4n) is 2.97. The summed E-state index contributed by atoms with van der Waals surface area (Å²) in [5.74, 6) is -0.0674. The van der Waals surface area contributed by atoms with Gasteiger partial charge in [0.1, 0.15) is 6.33 Å². The van der Waals surface area contributed by atoms with Crippen molar-refractivity contribution in [3.63, 3.8) is 0 Å². The minimum absolute atomic E-state index is 0.0674. The maximum atomic E-state index is 12.5. The maximum absolute atomic E-state index is 12.5. The van der Waals surface area contributed by atoms with Crippen LogP contribution in [0.15, 0.2) is 60.9 Å². The highest BCUT2D eigenvalue weighted by atomic mass is 16.5. The summed E-state index contributed by atoms with van der Waals surface area (Å²) in [6.45, 7) is 3.34. The first-order chi connectivity index (χ1) is 13.3. The van der Waals surface area contributed by atoms with E-state index in [2.05, 4.69) is 32.6 Å². The van der Waals surface area contributed by atoms with Gasteiger partial charge in [-0.05, 0) is 46.3 Å². The predicted molar refractivity (Wildman–Crippen MR) is 102 cm³/mol. The third-order valence-corrected chi connectivity index (χ3v) is 4.44. The number of nitrogens with zero attached hydrogens (tertiary/aromatic N) is 5. The zero-order chi connectivity index (χ0) is 18.5. The van der Waals surface area contributed by atoms with Crippen molar-refractivity contribution in [2.75, 3.05) is 31.2 Å². The highest BCUT2D eigenvalue weighted by Gasteiger charge is 2.10. The quantitative estimate of drug-likeness (QED) is 0.513. The van der Waals surface area contributed by atoms with E-state index in [1.54, 1.807) is 18.2 Å². The van der Waals surface area contributed by atoms with E-state index in [1.807, 2.05) is 30.3 Å². The van der Waals surface area contributed by atoms with E-state index < -0.39 is 0 Å². The van der Waals surface area contributed by atoms with Gasteiger partial charge in [0.25, 0.3) is 0 Å². The summed E-state index contributed by atoms with van der Waals surface area (Å²) >= 11 is 0. The SMILES string of the molecule is O=C(/C=C/c1ccc(N2CCOCC2)cc1)c1cccc(-n2cnnn2)c1. The van der Waals surface area contributed by atoms with Gasteiger partial charge in [-0.2, -0.15) is 0 Å². The molecule has 0 unspecified atom stereocenters. The molecule has 1 aliphatic rings. The first-order valence-electron chi connectivity index (χ1n) is 8.78. The summed E-state index contributed by atoms with van der Waals surface area (Å²) in [4.78, 5) is 14.8. The number of hydrogen-bond acceptors (Lipinski definition) is 6. The number of allylic oxidation sites excluding steroid dienone is 1. The van der Waals surface area contributed by atoms with Gasteiger partial charge in [-0.25, -0.2) is 4.68 Å². The molecule has 0 spiro atoms. The Balaban J connectivity index is 1.45. The Morgan fingerprint density at radius 2 is 1.85 bits per heavy atom. The average Bonchev–Trinajstić information content (AvgIpc) is 3.28. The smallest absolute Gasteiger partial charge is 0.185 e. The van der Waals surface area contributed by atoms with Crippen LogP contribution in [0.2, 0.25) is 0 Å². The number of rotatable bonds is 5. The predicted octanol–water partition coefficient (Wildman–Crippen LogP) is 2.40. The van der Waals surface area contributed by atoms with Gasteiger partial charge in [-0.1, -0.05) is 30.3 Å². The number of ether oxygens (including phenoxy) is 1. The molecule has 1 fully saturated rings. The van der Waals surface area contributed by atoms with Crippen molar-refractivity contribution in [2.45, 2.75) is 0 Å². The molecule has 2 aromatic carbocycles. The van der Waals surface area contributed by atoms with Crippen molar-refractivity contribution in [1.29, 1.82) is 0 Å². The Labute approximate surface area is 156 Å². The minimum Gasteiger partial charge on any atom is -0.378 e. The lowest BCUT2D eigenvalue weighted by molar-refractivity contribution is 0.104. The van der Waals surface area contributed by atoms with Crippen molar-refractivity contribution >= 4 is 17.5 Å². The third-order valence-electron chi connectivity index (χ3n) is 4.44. The van der Waals surface area contributed by atoms with Crippen molar-refractivity contribution in [1.82, 2.24) is 20.2 Å². The largest absolute Gasteiger partial charge is 0.378 e. The monoisotopic (exact) mass is 361 g/mol. The minimum atomic E-state index is -0.0674. The van der Waals surface area contributed by atoms with Gasteiger partial charge in [0.2, 0.25) is 0 Å². The summed E-state index contributed by atoms with van der Waals surface area (Å²) in [6, 6.07) is 15.4. The second-order valence-corrected chi connectivity index (χ2v) is 6.19. The molecule has 1 saturated heterocycles. The molecule has 136 valence electrons. The summed E-state index contributed by atoms with van der Waals surface area (Å²) in [5, 5.41) is 11.1. The number of tetrazole rings is 1. The van der Waals surface area contributed by atoms with Crippen LogP contribution in [0.1, 0.15) is 15.9 Å². The highest BCUT2D eigenvalue weighted by molar-refractivity contribution is 6.07. The molecule has 0 bridgehead atoms. The van der Waals surface area contributed by atoms with E-state index in [0.717, 1.165) is 37.6 Å². The lowest BCUT2D eigenvalue weighted by Gasteiger charge is -2.28. The third kappa shape index (κ3) is 4.09. The molecule has 0 saturated carbocycles. The molecule has 0 radical (unpaired) electrons. The Morgan fingerprint density at radius 1 is 1.04 bits per heavy atom. The summed E-state index contributed by atoms with van der Waals surface area (Å²) in [7, 11) is 0. The Hall–Kier alpha value is -3.32. The fourth-order valence-corrected chi connectivity index (χ4v) is 2.97. The summed E-state index contributed by atoms with van der Waals surface area (Å²) in [5.41, 5.74) is 3.49. The van der Waals surface area contributed by atoms with Gasteiger partial charge in [-0.15, -0.1) is 5.10 Å². The van der Waals surface area contributed by atoms with Gasteiger partial charge in [0.15, 0.2) is 5.78 Å². The molecule has 4 rings (SSSR count). The van der Waals surface area contributed by atoms with E-state index in [4.69, 9.17) is 4.74 Å². The standard InChI is InChI=1S/C20H19N5O2/c26-20(17-2-1-3-19(14-17)25-15-21-22-23-25)9-6-16-4-7-18(8-5-16)24-10-12-27-13-11-24/h1-9,14-15H,10-13H2/b9-6+. The van der Waals surface area contributed by atoms with Crippen molar-refractivity contribution in [2.24, 2.45) is 0 Å². The molecule has 27 heavy (non-hydrogen) atoms. The van der Waals surface area contributed by atoms with Crippen LogP contribution < -0.4 is 4.90 Å². The Morgan fingerprint density at radius 3 is 2.59 bits per heavy atom. The molecule has 1 aromatic heterocycles. The van der Waals surface area contributed by atoms with Crippen molar-refractivity contribution < 1.29 is 9.53 Å². The van der Waals surface area contributed by atoms with Gasteiger partial charge in [0, 0.05) is 24.3 Å². The molecule has 3 aromatic rings. The molecule has 0 amide bonds. The topological polar surface area (TPSA) is 73.1 Å². The highest BCUT2D eigenvalue weighted by Crippen LogP contribution is 2.18. The number of morpholine rings is 1. The van der Waals surface area contributed by atoms with Crippen molar-refractivity contribution in [3.8, 4) is 5.69 Å². The van der Waals surface area contributed by atoms with Gasteiger partial charge < -0.3 is 9.64 Å². The molecule has 7 heteroatoms. The first kappa shape index (κ1) is 17.1. The number of carbonyl (C=O) groups is 1. The zero-order valence-corrected chi connectivity index (χ0v) is 14.7.